The van der Waals surface area contributed by atoms with Crippen LogP contribution in [0.4, 0.5) is 0 Å². The number of hydrogen-bond donors (Lipinski definition) is 1. The van der Waals surface area contributed by atoms with Crippen LogP contribution in [0.5, 0.6) is 0 Å². The lowest BCUT2D eigenvalue weighted by Gasteiger charge is -1.83. The van der Waals surface area contributed by atoms with Gasteiger partial charge in [0, 0.05) is 4.88 Å². The minimum Gasteiger partial charge on any atom is -0.258 e. The van der Waals surface area contributed by atoms with Gasteiger partial charge in [-0.05, 0) is 31.3 Å². The summed E-state index contributed by atoms with van der Waals surface area (Å²) in [6.45, 7) is 2.08. The summed E-state index contributed by atoms with van der Waals surface area (Å²) >= 11 is 8.19. The van der Waals surface area contributed by atoms with Crippen molar-refractivity contribution in [2.45, 2.75) is 6.92 Å². The number of nitrogens with zero attached hydrogens (tertiary/aromatic N) is 1. The maximum absolute atomic E-state index is 4.94. The number of thiophene rings is 1. The highest BCUT2D eigenvalue weighted by molar-refractivity contribution is 7.73. The van der Waals surface area contributed by atoms with Crippen LogP contribution in [-0.2, 0) is 0 Å². The number of nitrogens with one attached hydrogen (secondary N) is 1. The van der Waals surface area contributed by atoms with E-state index in [4.69, 9.17) is 12.2 Å². The molecule has 0 bridgehead atoms. The third-order valence-electron chi connectivity index (χ3n) is 1.39. The van der Waals surface area contributed by atoms with E-state index >= 15 is 0 Å². The Labute approximate surface area is 82.9 Å². The van der Waals surface area contributed by atoms with E-state index in [1.54, 1.807) is 11.3 Å². The van der Waals surface area contributed by atoms with Crippen molar-refractivity contribution in [3.8, 4) is 9.88 Å². The summed E-state index contributed by atoms with van der Waals surface area (Å²) in [7, 11) is 0. The Hall–Kier alpha value is -0.520. The van der Waals surface area contributed by atoms with Crippen molar-refractivity contribution in [1.82, 2.24) is 10.2 Å². The van der Waals surface area contributed by atoms with Crippen molar-refractivity contribution < 1.29 is 0 Å². The highest BCUT2D eigenvalue weighted by Crippen LogP contribution is 2.28. The lowest BCUT2D eigenvalue weighted by molar-refractivity contribution is 1.09. The summed E-state index contributed by atoms with van der Waals surface area (Å²) < 4.78 is 0.732. The summed E-state index contributed by atoms with van der Waals surface area (Å²) in [5, 5.41) is 7.85. The van der Waals surface area contributed by atoms with Gasteiger partial charge in [-0.15, -0.1) is 11.3 Å². The third kappa shape index (κ3) is 1.48. The molecular formula is C7H6N2S3. The van der Waals surface area contributed by atoms with Crippen LogP contribution < -0.4 is 0 Å². The van der Waals surface area contributed by atoms with Gasteiger partial charge >= 0.3 is 0 Å². The molecule has 0 spiro atoms. The Kier molecular flexibility index (Phi) is 2.08. The van der Waals surface area contributed by atoms with E-state index in [2.05, 4.69) is 29.3 Å². The maximum Gasteiger partial charge on any atom is 0.176 e. The van der Waals surface area contributed by atoms with Crippen molar-refractivity contribution in [3.63, 3.8) is 0 Å². The average molecular weight is 214 g/mol. The van der Waals surface area contributed by atoms with Crippen LogP contribution in [0.2, 0.25) is 0 Å². The molecule has 0 saturated heterocycles. The van der Waals surface area contributed by atoms with E-state index in [1.165, 1.54) is 21.1 Å². The number of rotatable bonds is 1. The fourth-order valence-corrected chi connectivity index (χ4v) is 2.70. The Balaban J connectivity index is 2.50. The molecule has 1 N–H and O–H groups in total. The smallest absolute Gasteiger partial charge is 0.176 e. The van der Waals surface area contributed by atoms with Crippen LogP contribution in [0.3, 0.4) is 0 Å². The molecule has 2 heterocycles. The molecule has 0 aromatic carbocycles. The monoisotopic (exact) mass is 214 g/mol. The van der Waals surface area contributed by atoms with Crippen LogP contribution in [0, 0.1) is 10.9 Å². The van der Waals surface area contributed by atoms with Crippen molar-refractivity contribution >= 4 is 34.9 Å². The van der Waals surface area contributed by atoms with Crippen LogP contribution in [-0.4, -0.2) is 10.2 Å². The number of hydrogen-bond acceptors (Lipinski definition) is 4. The van der Waals surface area contributed by atoms with Gasteiger partial charge in [0.05, 0.1) is 4.88 Å². The number of aryl methyl sites for hydroxylation is 1. The molecule has 5 heteroatoms. The van der Waals surface area contributed by atoms with Crippen molar-refractivity contribution in [2.75, 3.05) is 0 Å². The molecule has 12 heavy (non-hydrogen) atoms. The molecule has 0 unspecified atom stereocenters. The van der Waals surface area contributed by atoms with E-state index in [0.29, 0.717) is 0 Å². The summed E-state index contributed by atoms with van der Waals surface area (Å²) in [5.74, 6) is 0. The fourth-order valence-electron chi connectivity index (χ4n) is 0.885. The van der Waals surface area contributed by atoms with Crippen LogP contribution in [0.1, 0.15) is 4.88 Å². The van der Waals surface area contributed by atoms with Gasteiger partial charge in [-0.25, -0.2) is 0 Å². The Bertz CT molecular complexity index is 437. The first kappa shape index (κ1) is 8.10. The normalized spacial score (nSPS) is 10.4. The van der Waals surface area contributed by atoms with E-state index in [-0.39, 0.29) is 0 Å². The van der Waals surface area contributed by atoms with Crippen LogP contribution in [0.15, 0.2) is 12.1 Å². The van der Waals surface area contributed by atoms with E-state index in [1.807, 2.05) is 0 Å². The van der Waals surface area contributed by atoms with Crippen LogP contribution >= 0.6 is 34.9 Å². The molecule has 0 aliphatic carbocycles. The molecule has 62 valence electrons. The van der Waals surface area contributed by atoms with Crippen LogP contribution in [0.25, 0.3) is 9.88 Å². The SMILES string of the molecule is Cc1ccc(-c2n[nH]c(=S)s2)s1. The van der Waals surface area contributed by atoms with Gasteiger partial charge in [0.15, 0.2) is 8.96 Å². The zero-order valence-electron chi connectivity index (χ0n) is 6.33. The zero-order valence-corrected chi connectivity index (χ0v) is 8.78. The number of H-pyrrole nitrogens is 1. The van der Waals surface area contributed by atoms with Gasteiger partial charge in [0.2, 0.25) is 0 Å². The second-order valence-corrected chi connectivity index (χ2v) is 5.28. The molecule has 0 saturated carbocycles. The largest absolute Gasteiger partial charge is 0.258 e. The summed E-state index contributed by atoms with van der Waals surface area (Å²) in [5.41, 5.74) is 0. The molecule has 0 atom stereocenters. The molecule has 0 radical (unpaired) electrons. The van der Waals surface area contributed by atoms with Gasteiger partial charge in [-0.2, -0.15) is 5.10 Å². The Morgan fingerprint density at radius 2 is 2.25 bits per heavy atom. The summed E-state index contributed by atoms with van der Waals surface area (Å²) in [4.78, 5) is 2.48. The molecule has 2 aromatic rings. The first-order valence-corrected chi connectivity index (χ1v) is 5.42. The Morgan fingerprint density at radius 1 is 1.42 bits per heavy atom. The zero-order chi connectivity index (χ0) is 8.55. The van der Waals surface area contributed by atoms with Gasteiger partial charge in [0.25, 0.3) is 0 Å². The average Bonchev–Trinajstić information content (AvgIpc) is 2.58. The molecule has 0 aliphatic rings. The predicted octanol–water partition coefficient (Wildman–Crippen LogP) is 3.24. The lowest BCUT2D eigenvalue weighted by Crippen LogP contribution is -1.68. The molecule has 2 aromatic heterocycles. The quantitative estimate of drug-likeness (QED) is 0.738. The first-order chi connectivity index (χ1) is 5.75. The molecule has 0 amide bonds. The Morgan fingerprint density at radius 3 is 2.75 bits per heavy atom. The predicted molar refractivity (Wildman–Crippen MR) is 55.3 cm³/mol. The van der Waals surface area contributed by atoms with Crippen molar-refractivity contribution in [2.24, 2.45) is 0 Å². The lowest BCUT2D eigenvalue weighted by atomic mass is 10.4. The van der Waals surface area contributed by atoms with E-state index < -0.39 is 0 Å². The number of aromatic nitrogens is 2. The van der Waals surface area contributed by atoms with Gasteiger partial charge in [-0.3, -0.25) is 5.10 Å². The molecule has 2 rings (SSSR count). The maximum atomic E-state index is 4.94. The third-order valence-corrected chi connectivity index (χ3v) is 3.65. The molecule has 2 nitrogen and oxygen atoms in total. The minimum atomic E-state index is 0.732. The summed E-state index contributed by atoms with van der Waals surface area (Å²) in [6.07, 6.45) is 0. The van der Waals surface area contributed by atoms with Gasteiger partial charge < -0.3 is 0 Å². The van der Waals surface area contributed by atoms with E-state index in [9.17, 15) is 0 Å². The van der Waals surface area contributed by atoms with E-state index in [0.717, 1.165) is 8.96 Å². The first-order valence-electron chi connectivity index (χ1n) is 3.38. The fraction of sp³-hybridized carbons (Fsp3) is 0.143. The van der Waals surface area contributed by atoms with Crippen molar-refractivity contribution in [1.29, 1.82) is 0 Å². The molecule has 0 aliphatic heterocycles. The highest BCUT2D eigenvalue weighted by atomic mass is 32.1. The van der Waals surface area contributed by atoms with Gasteiger partial charge in [0.1, 0.15) is 0 Å². The second kappa shape index (κ2) is 3.08. The summed E-state index contributed by atoms with van der Waals surface area (Å²) in [6, 6.07) is 4.16. The number of aromatic amines is 1. The topological polar surface area (TPSA) is 28.7 Å². The van der Waals surface area contributed by atoms with Crippen molar-refractivity contribution in [3.05, 3.63) is 21.0 Å². The van der Waals surface area contributed by atoms with Gasteiger partial charge in [-0.1, -0.05) is 11.3 Å². The highest BCUT2D eigenvalue weighted by Gasteiger charge is 2.03. The molecular weight excluding hydrogens is 208 g/mol. The molecule has 0 fully saturated rings. The second-order valence-electron chi connectivity index (χ2n) is 2.33. The minimum absolute atomic E-state index is 0.732. The standard InChI is InChI=1S/C7H6N2S3/c1-4-2-3-5(11-4)6-8-9-7(10)12-6/h2-3H,1H3,(H,9,10).